The lowest BCUT2D eigenvalue weighted by atomic mass is 9.76. The van der Waals surface area contributed by atoms with Gasteiger partial charge < -0.3 is 20.1 Å². The summed E-state index contributed by atoms with van der Waals surface area (Å²) in [6, 6.07) is -1.18. The number of carboxylic acid groups (broad SMARTS) is 1. The van der Waals surface area contributed by atoms with Crippen molar-refractivity contribution in [2.24, 2.45) is 11.3 Å². The second-order valence-electron chi connectivity index (χ2n) is 5.71. The maximum atomic E-state index is 12.1. The number of urea groups is 1. The van der Waals surface area contributed by atoms with Crippen LogP contribution in [0.3, 0.4) is 0 Å². The number of carbonyl (C=O) groups is 3. The number of esters is 1. The average Bonchev–Trinajstić information content (AvgIpc) is 2.85. The van der Waals surface area contributed by atoms with Gasteiger partial charge in [-0.15, -0.1) is 0 Å². The highest BCUT2D eigenvalue weighted by molar-refractivity contribution is 5.84. The zero-order chi connectivity index (χ0) is 16.2. The molecule has 0 aromatic carbocycles. The Balaban J connectivity index is 2.66. The van der Waals surface area contributed by atoms with E-state index in [0.717, 1.165) is 0 Å². The average molecular weight is 300 g/mol. The van der Waals surface area contributed by atoms with Gasteiger partial charge in [-0.25, -0.2) is 9.59 Å². The number of aliphatic carboxylic acids is 1. The molecule has 1 saturated heterocycles. The molecule has 0 bridgehead atoms. The van der Waals surface area contributed by atoms with E-state index < -0.39 is 29.4 Å². The van der Waals surface area contributed by atoms with E-state index in [4.69, 9.17) is 4.74 Å². The third-order valence-corrected chi connectivity index (χ3v) is 4.10. The number of hydrogen-bond acceptors (Lipinski definition) is 4. The van der Waals surface area contributed by atoms with Gasteiger partial charge >= 0.3 is 18.0 Å². The standard InChI is InChI=1S/C14H24N2O5/c1-5-21-11(17)10(4)15-13(20)16-7-6-14(8-16,9(2)3)12(18)19/h9-10H,5-8H2,1-4H3,(H,15,20)(H,18,19). The first kappa shape index (κ1) is 17.3. The highest BCUT2D eigenvalue weighted by Crippen LogP contribution is 2.38. The molecule has 1 aliphatic heterocycles. The smallest absolute Gasteiger partial charge is 0.328 e. The third-order valence-electron chi connectivity index (χ3n) is 4.10. The lowest BCUT2D eigenvalue weighted by Gasteiger charge is -2.29. The predicted octanol–water partition coefficient (Wildman–Crippen LogP) is 1.08. The maximum Gasteiger partial charge on any atom is 0.328 e. The molecule has 2 amide bonds. The van der Waals surface area contributed by atoms with Gasteiger partial charge in [0.05, 0.1) is 12.0 Å². The van der Waals surface area contributed by atoms with Crippen LogP contribution in [0.4, 0.5) is 4.79 Å². The summed E-state index contributed by atoms with van der Waals surface area (Å²) in [5.41, 5.74) is -0.912. The van der Waals surface area contributed by atoms with Crippen molar-refractivity contribution in [1.29, 1.82) is 0 Å². The van der Waals surface area contributed by atoms with Crippen LogP contribution in [-0.4, -0.2) is 53.7 Å². The summed E-state index contributed by atoms with van der Waals surface area (Å²) in [6.45, 7) is 7.69. The van der Waals surface area contributed by atoms with Crippen molar-refractivity contribution < 1.29 is 24.2 Å². The van der Waals surface area contributed by atoms with Crippen LogP contribution in [0.2, 0.25) is 0 Å². The van der Waals surface area contributed by atoms with E-state index >= 15 is 0 Å². The molecule has 1 heterocycles. The summed E-state index contributed by atoms with van der Waals surface area (Å²) in [4.78, 5) is 36.6. The van der Waals surface area contributed by atoms with Crippen LogP contribution >= 0.6 is 0 Å². The number of hydrogen-bond donors (Lipinski definition) is 2. The molecule has 2 unspecified atom stereocenters. The first-order valence-corrected chi connectivity index (χ1v) is 7.20. The van der Waals surface area contributed by atoms with Crippen LogP contribution in [0, 0.1) is 11.3 Å². The van der Waals surface area contributed by atoms with Gasteiger partial charge in [-0.2, -0.15) is 0 Å². The van der Waals surface area contributed by atoms with E-state index in [2.05, 4.69) is 5.32 Å². The maximum absolute atomic E-state index is 12.1. The molecule has 7 heteroatoms. The topological polar surface area (TPSA) is 95.9 Å². The molecule has 1 aliphatic rings. The lowest BCUT2D eigenvalue weighted by molar-refractivity contribution is -0.151. The fraction of sp³-hybridized carbons (Fsp3) is 0.786. The van der Waals surface area contributed by atoms with Crippen molar-refractivity contribution in [2.75, 3.05) is 19.7 Å². The molecule has 0 radical (unpaired) electrons. The van der Waals surface area contributed by atoms with Gasteiger partial charge in [0.15, 0.2) is 0 Å². The molecule has 0 aromatic rings. The molecule has 21 heavy (non-hydrogen) atoms. The first-order valence-electron chi connectivity index (χ1n) is 7.20. The van der Waals surface area contributed by atoms with Crippen molar-refractivity contribution in [3.63, 3.8) is 0 Å². The molecule has 0 spiro atoms. The molecule has 1 fully saturated rings. The van der Waals surface area contributed by atoms with Crippen LogP contribution in [0.25, 0.3) is 0 Å². The Morgan fingerprint density at radius 1 is 1.33 bits per heavy atom. The normalized spacial score (nSPS) is 23.0. The van der Waals surface area contributed by atoms with Gasteiger partial charge in [0.2, 0.25) is 0 Å². The van der Waals surface area contributed by atoms with E-state index in [-0.39, 0.29) is 19.1 Å². The van der Waals surface area contributed by atoms with Gasteiger partial charge in [0.1, 0.15) is 6.04 Å². The summed E-state index contributed by atoms with van der Waals surface area (Å²) < 4.78 is 4.82. The molecular weight excluding hydrogens is 276 g/mol. The number of amides is 2. The quantitative estimate of drug-likeness (QED) is 0.741. The summed E-state index contributed by atoms with van der Waals surface area (Å²) in [5, 5.41) is 12.0. The van der Waals surface area contributed by atoms with Crippen molar-refractivity contribution in [3.8, 4) is 0 Å². The Kier molecular flexibility index (Phi) is 5.57. The van der Waals surface area contributed by atoms with E-state index in [0.29, 0.717) is 13.0 Å². The molecular formula is C14H24N2O5. The fourth-order valence-corrected chi connectivity index (χ4v) is 2.50. The minimum atomic E-state index is -0.912. The number of ether oxygens (including phenoxy) is 1. The van der Waals surface area contributed by atoms with Crippen molar-refractivity contribution in [2.45, 2.75) is 40.2 Å². The summed E-state index contributed by atoms with van der Waals surface area (Å²) in [7, 11) is 0. The van der Waals surface area contributed by atoms with Crippen molar-refractivity contribution in [1.82, 2.24) is 10.2 Å². The molecule has 120 valence electrons. The fourth-order valence-electron chi connectivity index (χ4n) is 2.50. The van der Waals surface area contributed by atoms with Gasteiger partial charge in [0, 0.05) is 13.1 Å². The van der Waals surface area contributed by atoms with Crippen LogP contribution in [0.15, 0.2) is 0 Å². The lowest BCUT2D eigenvalue weighted by Crippen LogP contribution is -2.48. The number of nitrogens with one attached hydrogen (secondary N) is 1. The van der Waals surface area contributed by atoms with Crippen LogP contribution in [-0.2, 0) is 14.3 Å². The second-order valence-corrected chi connectivity index (χ2v) is 5.71. The van der Waals surface area contributed by atoms with Crippen LogP contribution in [0.5, 0.6) is 0 Å². The second kappa shape index (κ2) is 6.78. The third kappa shape index (κ3) is 3.65. The van der Waals surface area contributed by atoms with Crippen LogP contribution < -0.4 is 5.32 Å². The van der Waals surface area contributed by atoms with E-state index in [1.165, 1.54) is 4.90 Å². The summed E-state index contributed by atoms with van der Waals surface area (Å²) >= 11 is 0. The highest BCUT2D eigenvalue weighted by atomic mass is 16.5. The summed E-state index contributed by atoms with van der Waals surface area (Å²) in [6.07, 6.45) is 0.418. The van der Waals surface area contributed by atoms with Gasteiger partial charge in [-0.3, -0.25) is 4.79 Å². The molecule has 7 nitrogen and oxygen atoms in total. The van der Waals surface area contributed by atoms with Crippen LogP contribution in [0.1, 0.15) is 34.1 Å². The predicted molar refractivity (Wildman–Crippen MR) is 75.7 cm³/mol. The molecule has 2 N–H and O–H groups in total. The van der Waals surface area contributed by atoms with E-state index in [1.807, 2.05) is 13.8 Å². The molecule has 0 aliphatic carbocycles. The molecule has 0 saturated carbocycles. The number of carboxylic acids is 1. The van der Waals surface area contributed by atoms with Gasteiger partial charge in [-0.1, -0.05) is 13.8 Å². The Morgan fingerprint density at radius 2 is 1.95 bits per heavy atom. The number of carbonyl (C=O) groups excluding carboxylic acids is 2. The van der Waals surface area contributed by atoms with E-state index in [1.54, 1.807) is 13.8 Å². The minimum Gasteiger partial charge on any atom is -0.481 e. The Bertz CT molecular complexity index is 424. The highest BCUT2D eigenvalue weighted by Gasteiger charge is 2.48. The zero-order valence-corrected chi connectivity index (χ0v) is 13.0. The SMILES string of the molecule is CCOC(=O)C(C)NC(=O)N1CCC(C(=O)O)(C(C)C)C1. The largest absolute Gasteiger partial charge is 0.481 e. The Morgan fingerprint density at radius 3 is 2.38 bits per heavy atom. The Hall–Kier alpha value is -1.79. The first-order chi connectivity index (χ1) is 9.74. The monoisotopic (exact) mass is 300 g/mol. The Labute approximate surface area is 124 Å². The van der Waals surface area contributed by atoms with E-state index in [9.17, 15) is 19.5 Å². The molecule has 0 aromatic heterocycles. The number of likely N-dealkylation sites (tertiary alicyclic amines) is 1. The number of nitrogens with zero attached hydrogens (tertiary/aromatic N) is 1. The van der Waals surface area contributed by atoms with Crippen molar-refractivity contribution >= 4 is 18.0 Å². The molecule has 2 atom stereocenters. The zero-order valence-electron chi connectivity index (χ0n) is 13.0. The van der Waals surface area contributed by atoms with Gasteiger partial charge in [0.25, 0.3) is 0 Å². The number of rotatable bonds is 5. The summed E-state index contributed by atoms with van der Waals surface area (Å²) in [5.74, 6) is -1.46. The van der Waals surface area contributed by atoms with Crippen molar-refractivity contribution in [3.05, 3.63) is 0 Å². The molecule has 1 rings (SSSR count). The minimum absolute atomic E-state index is 0.0738. The van der Waals surface area contributed by atoms with Gasteiger partial charge in [-0.05, 0) is 26.2 Å².